The first kappa shape index (κ1) is 21.5. The lowest BCUT2D eigenvalue weighted by Gasteiger charge is -2.12. The molecule has 6 heteroatoms. The van der Waals surface area contributed by atoms with Crippen LogP contribution in [0.5, 0.6) is 0 Å². The largest absolute Gasteiger partial charge is 0.477 e. The molecule has 2 heterocycles. The van der Waals surface area contributed by atoms with E-state index in [-0.39, 0.29) is 22.3 Å². The van der Waals surface area contributed by atoms with Gasteiger partial charge in [0.2, 0.25) is 5.78 Å². The molecule has 172 valence electrons. The molecule has 0 bridgehead atoms. The molecule has 3 aromatic carbocycles. The highest BCUT2D eigenvalue weighted by molar-refractivity contribution is 7.20. The number of aromatic carboxylic acids is 1. The molecule has 2 aromatic heterocycles. The summed E-state index contributed by atoms with van der Waals surface area (Å²) in [6, 6.07) is 24.5. The van der Waals surface area contributed by atoms with Gasteiger partial charge in [-0.3, -0.25) is 14.0 Å². The SMILES string of the molecule is O=C(c1ccccc1)c1sc2c(C3CC3)c(Cc3cccc4ccccc34)cc(=O)n2c1C(=O)O. The topological polar surface area (TPSA) is 75.8 Å². The molecule has 5 nitrogen and oxygen atoms in total. The van der Waals surface area contributed by atoms with Crippen LogP contribution < -0.4 is 5.56 Å². The maximum atomic E-state index is 13.3. The summed E-state index contributed by atoms with van der Waals surface area (Å²) in [4.78, 5) is 39.6. The summed E-state index contributed by atoms with van der Waals surface area (Å²) in [5, 5.41) is 12.3. The smallest absolute Gasteiger partial charge is 0.354 e. The molecule has 0 unspecified atom stereocenters. The third-order valence-corrected chi connectivity index (χ3v) is 7.80. The van der Waals surface area contributed by atoms with Crippen molar-refractivity contribution in [1.29, 1.82) is 0 Å². The van der Waals surface area contributed by atoms with Crippen LogP contribution in [0.1, 0.15) is 61.2 Å². The lowest BCUT2D eigenvalue weighted by atomic mass is 9.95. The first-order valence-electron chi connectivity index (χ1n) is 11.5. The lowest BCUT2D eigenvalue weighted by Crippen LogP contribution is -2.21. The Morgan fingerprint density at radius 1 is 0.914 bits per heavy atom. The molecule has 0 radical (unpaired) electrons. The number of carbonyl (C=O) groups is 2. The van der Waals surface area contributed by atoms with Crippen molar-refractivity contribution in [2.45, 2.75) is 25.2 Å². The van der Waals surface area contributed by atoms with E-state index in [2.05, 4.69) is 24.3 Å². The monoisotopic (exact) mass is 479 g/mol. The Bertz CT molecular complexity index is 1690. The van der Waals surface area contributed by atoms with Crippen molar-refractivity contribution >= 4 is 38.7 Å². The summed E-state index contributed by atoms with van der Waals surface area (Å²) in [5.74, 6) is -1.40. The molecule has 0 amide bonds. The molecule has 1 aliphatic carbocycles. The number of nitrogens with zero attached hydrogens (tertiary/aromatic N) is 1. The van der Waals surface area contributed by atoms with Gasteiger partial charge in [-0.15, -0.1) is 11.3 Å². The zero-order valence-corrected chi connectivity index (χ0v) is 19.5. The van der Waals surface area contributed by atoms with E-state index in [0.717, 1.165) is 51.6 Å². The molecule has 0 aliphatic heterocycles. The van der Waals surface area contributed by atoms with Gasteiger partial charge >= 0.3 is 5.97 Å². The van der Waals surface area contributed by atoms with E-state index in [0.29, 0.717) is 16.8 Å². The maximum Gasteiger partial charge on any atom is 0.354 e. The van der Waals surface area contributed by atoms with Crippen molar-refractivity contribution < 1.29 is 14.7 Å². The number of carbonyl (C=O) groups excluding carboxylic acids is 1. The van der Waals surface area contributed by atoms with Gasteiger partial charge in [0.05, 0.1) is 0 Å². The number of hydrogen-bond acceptors (Lipinski definition) is 4. The van der Waals surface area contributed by atoms with Crippen LogP contribution in [0.4, 0.5) is 0 Å². The van der Waals surface area contributed by atoms with Crippen LogP contribution in [0.15, 0.2) is 83.7 Å². The minimum Gasteiger partial charge on any atom is -0.477 e. The fraction of sp³-hybridized carbons (Fsp3) is 0.138. The average molecular weight is 480 g/mol. The Labute approximate surface area is 204 Å². The normalized spacial score (nSPS) is 13.4. The summed E-state index contributed by atoms with van der Waals surface area (Å²) >= 11 is 1.13. The van der Waals surface area contributed by atoms with Crippen molar-refractivity contribution in [3.05, 3.63) is 122 Å². The second-order valence-electron chi connectivity index (χ2n) is 8.93. The van der Waals surface area contributed by atoms with Crippen LogP contribution in [0.25, 0.3) is 15.6 Å². The molecular weight excluding hydrogens is 458 g/mol. The van der Waals surface area contributed by atoms with Gasteiger partial charge < -0.3 is 5.11 Å². The third-order valence-electron chi connectivity index (χ3n) is 6.63. The van der Waals surface area contributed by atoms with Crippen LogP contribution in [0, 0.1) is 0 Å². The fourth-order valence-corrected chi connectivity index (χ4v) is 6.24. The van der Waals surface area contributed by atoms with Gasteiger partial charge in [-0.25, -0.2) is 4.79 Å². The van der Waals surface area contributed by atoms with Crippen molar-refractivity contribution in [2.75, 3.05) is 0 Å². The molecule has 0 spiro atoms. The van der Waals surface area contributed by atoms with Gasteiger partial charge in [0.1, 0.15) is 9.71 Å². The zero-order chi connectivity index (χ0) is 24.1. The summed E-state index contributed by atoms with van der Waals surface area (Å²) in [6.07, 6.45) is 2.54. The average Bonchev–Trinajstić information content (AvgIpc) is 3.62. The summed E-state index contributed by atoms with van der Waals surface area (Å²) in [7, 11) is 0. The summed E-state index contributed by atoms with van der Waals surface area (Å²) < 4.78 is 1.24. The van der Waals surface area contributed by atoms with Crippen LogP contribution in [0.2, 0.25) is 0 Å². The van der Waals surface area contributed by atoms with Gasteiger partial charge in [-0.05, 0) is 52.6 Å². The standard InChI is InChI=1S/C29H21NO4S/c31-23-16-21(15-20-11-6-10-17-7-4-5-12-22(17)20)24(18-13-14-18)28-30(23)25(29(33)34)27(35-28)26(32)19-8-2-1-3-9-19/h1-12,16,18H,13-15H2,(H,33,34). The van der Waals surface area contributed by atoms with Crippen molar-refractivity contribution in [3.8, 4) is 0 Å². The quantitative estimate of drug-likeness (QED) is 0.307. The highest BCUT2D eigenvalue weighted by Crippen LogP contribution is 2.46. The number of ketones is 1. The third kappa shape index (κ3) is 3.67. The Morgan fingerprint density at radius 3 is 2.37 bits per heavy atom. The second-order valence-corrected chi connectivity index (χ2v) is 9.93. The first-order chi connectivity index (χ1) is 17.0. The molecule has 35 heavy (non-hydrogen) atoms. The number of pyridine rings is 1. The Kier molecular flexibility index (Phi) is 5.11. The van der Waals surface area contributed by atoms with Crippen LogP contribution >= 0.6 is 11.3 Å². The highest BCUT2D eigenvalue weighted by Gasteiger charge is 2.33. The number of rotatable bonds is 6. The van der Waals surface area contributed by atoms with Crippen LogP contribution in [-0.4, -0.2) is 21.3 Å². The lowest BCUT2D eigenvalue weighted by molar-refractivity contribution is 0.0685. The molecule has 1 N–H and O–H groups in total. The van der Waals surface area contributed by atoms with Gasteiger partial charge in [0.15, 0.2) is 5.69 Å². The molecule has 5 aromatic rings. The van der Waals surface area contributed by atoms with Crippen molar-refractivity contribution in [2.24, 2.45) is 0 Å². The van der Waals surface area contributed by atoms with E-state index in [4.69, 9.17) is 0 Å². The number of benzene rings is 3. The predicted molar refractivity (Wildman–Crippen MR) is 137 cm³/mol. The van der Waals surface area contributed by atoms with E-state index in [1.807, 2.05) is 18.2 Å². The molecule has 0 saturated heterocycles. The van der Waals surface area contributed by atoms with Crippen molar-refractivity contribution in [1.82, 2.24) is 4.40 Å². The number of aromatic nitrogens is 1. The number of carboxylic acids is 1. The fourth-order valence-electron chi connectivity index (χ4n) is 4.88. The van der Waals surface area contributed by atoms with E-state index >= 15 is 0 Å². The van der Waals surface area contributed by atoms with Gasteiger partial charge in [-0.2, -0.15) is 0 Å². The van der Waals surface area contributed by atoms with E-state index < -0.39 is 11.5 Å². The second kappa shape index (κ2) is 8.32. The summed E-state index contributed by atoms with van der Waals surface area (Å²) in [6.45, 7) is 0. The molecular formula is C29H21NO4S. The first-order valence-corrected chi connectivity index (χ1v) is 12.4. The maximum absolute atomic E-state index is 13.3. The molecule has 1 fully saturated rings. The number of carboxylic acid groups (broad SMARTS) is 1. The van der Waals surface area contributed by atoms with Gasteiger partial charge in [0, 0.05) is 11.6 Å². The van der Waals surface area contributed by atoms with E-state index in [1.165, 1.54) is 4.40 Å². The van der Waals surface area contributed by atoms with Gasteiger partial charge in [-0.1, -0.05) is 72.8 Å². The van der Waals surface area contributed by atoms with E-state index in [9.17, 15) is 19.5 Å². The van der Waals surface area contributed by atoms with Crippen LogP contribution in [-0.2, 0) is 6.42 Å². The number of hydrogen-bond donors (Lipinski definition) is 1. The Hall–Kier alpha value is -4.03. The Balaban J connectivity index is 1.58. The van der Waals surface area contributed by atoms with Crippen molar-refractivity contribution in [3.63, 3.8) is 0 Å². The Morgan fingerprint density at radius 2 is 1.63 bits per heavy atom. The summed E-state index contributed by atoms with van der Waals surface area (Å²) in [5.41, 5.74) is 2.76. The van der Waals surface area contributed by atoms with Crippen LogP contribution in [0.3, 0.4) is 0 Å². The molecule has 1 saturated carbocycles. The molecule has 1 aliphatic rings. The number of thiazole rings is 1. The zero-order valence-electron chi connectivity index (χ0n) is 18.7. The number of fused-ring (bicyclic) bond motifs is 2. The van der Waals surface area contributed by atoms with E-state index in [1.54, 1.807) is 36.4 Å². The molecule has 6 rings (SSSR count). The minimum absolute atomic E-state index is 0.0880. The predicted octanol–water partition coefficient (Wildman–Crippen LogP) is 5.91. The minimum atomic E-state index is -1.28. The molecule has 0 atom stereocenters. The highest BCUT2D eigenvalue weighted by atomic mass is 32.1. The van der Waals surface area contributed by atoms with Gasteiger partial charge in [0.25, 0.3) is 5.56 Å².